The zero-order valence-corrected chi connectivity index (χ0v) is 10.5. The van der Waals surface area contributed by atoms with Crippen LogP contribution in [-0.2, 0) is 0 Å². The molecular weight excluding hydrogens is 263 g/mol. The van der Waals surface area contributed by atoms with Gasteiger partial charge in [0.1, 0.15) is 11.5 Å². The molecule has 0 unspecified atom stereocenters. The molecule has 0 fully saturated rings. The van der Waals surface area contributed by atoms with Crippen molar-refractivity contribution in [3.8, 4) is 0 Å². The van der Waals surface area contributed by atoms with Crippen LogP contribution in [0.5, 0.6) is 0 Å². The summed E-state index contributed by atoms with van der Waals surface area (Å²) in [5, 5.41) is 12.2. The molecule has 4 N–H and O–H groups in total. The molecule has 2 aromatic rings. The van der Waals surface area contributed by atoms with Crippen molar-refractivity contribution in [3.05, 3.63) is 53.6 Å². The highest BCUT2D eigenvalue weighted by Crippen LogP contribution is 2.17. The predicted octanol–water partition coefficient (Wildman–Crippen LogP) is 0.860. The number of rotatable bonds is 5. The summed E-state index contributed by atoms with van der Waals surface area (Å²) in [6.45, 7) is -0.240. The quantitative estimate of drug-likeness (QED) is 0.752. The van der Waals surface area contributed by atoms with Crippen LogP contribution in [0.3, 0.4) is 0 Å². The molecule has 0 aliphatic rings. The van der Waals surface area contributed by atoms with Gasteiger partial charge in [-0.3, -0.25) is 4.79 Å². The number of nitrogens with two attached hydrogens (primary N) is 1. The highest BCUT2D eigenvalue weighted by molar-refractivity contribution is 5.90. The number of hydrogen-bond donors (Lipinski definition) is 3. The van der Waals surface area contributed by atoms with Crippen molar-refractivity contribution in [1.29, 1.82) is 0 Å². The SMILES string of the molecule is NC(=O)c1ccnc(N[C@@H](CO)c2ccc(F)cc2)n1. The average molecular weight is 276 g/mol. The Labute approximate surface area is 114 Å². The van der Waals surface area contributed by atoms with Crippen LogP contribution in [0.15, 0.2) is 36.5 Å². The van der Waals surface area contributed by atoms with Crippen LogP contribution in [0.25, 0.3) is 0 Å². The van der Waals surface area contributed by atoms with E-state index >= 15 is 0 Å². The largest absolute Gasteiger partial charge is 0.394 e. The Morgan fingerprint density at radius 1 is 1.35 bits per heavy atom. The van der Waals surface area contributed by atoms with Crippen molar-refractivity contribution in [3.63, 3.8) is 0 Å². The number of primary amides is 1. The summed E-state index contributed by atoms with van der Waals surface area (Å²) in [6, 6.07) is 6.54. The summed E-state index contributed by atoms with van der Waals surface area (Å²) in [6.07, 6.45) is 1.38. The zero-order valence-electron chi connectivity index (χ0n) is 10.5. The zero-order chi connectivity index (χ0) is 14.5. The number of halogens is 1. The number of nitrogens with one attached hydrogen (secondary N) is 1. The maximum absolute atomic E-state index is 12.9. The lowest BCUT2D eigenvalue weighted by Gasteiger charge is -2.16. The van der Waals surface area contributed by atoms with Gasteiger partial charge in [0.25, 0.3) is 5.91 Å². The molecule has 0 bridgehead atoms. The molecule has 0 saturated heterocycles. The third-order valence-electron chi connectivity index (χ3n) is 2.67. The molecule has 0 aliphatic heterocycles. The Bertz CT molecular complexity index is 604. The van der Waals surface area contributed by atoms with Crippen LogP contribution in [-0.4, -0.2) is 27.6 Å². The maximum atomic E-state index is 12.9. The van der Waals surface area contributed by atoms with Crippen LogP contribution < -0.4 is 11.1 Å². The molecule has 104 valence electrons. The van der Waals surface area contributed by atoms with Gasteiger partial charge in [0.2, 0.25) is 5.95 Å². The second kappa shape index (κ2) is 6.07. The van der Waals surface area contributed by atoms with Gasteiger partial charge in [0.15, 0.2) is 0 Å². The summed E-state index contributed by atoms with van der Waals surface area (Å²) in [5.41, 5.74) is 5.86. The van der Waals surface area contributed by atoms with Crippen molar-refractivity contribution >= 4 is 11.9 Å². The first-order chi connectivity index (χ1) is 9.60. The molecule has 20 heavy (non-hydrogen) atoms. The third kappa shape index (κ3) is 3.27. The van der Waals surface area contributed by atoms with E-state index in [1.54, 1.807) is 12.1 Å². The van der Waals surface area contributed by atoms with Crippen LogP contribution in [0, 0.1) is 5.82 Å². The lowest BCUT2D eigenvalue weighted by molar-refractivity contribution is 0.0995. The van der Waals surface area contributed by atoms with Crippen molar-refractivity contribution in [2.45, 2.75) is 6.04 Å². The van der Waals surface area contributed by atoms with Crippen LogP contribution in [0.4, 0.5) is 10.3 Å². The molecule has 2 rings (SSSR count). The highest BCUT2D eigenvalue weighted by atomic mass is 19.1. The van der Waals surface area contributed by atoms with Gasteiger partial charge < -0.3 is 16.2 Å². The first-order valence-corrected chi connectivity index (χ1v) is 5.86. The number of hydrogen-bond acceptors (Lipinski definition) is 5. The molecular formula is C13H13FN4O2. The fraction of sp³-hybridized carbons (Fsp3) is 0.154. The summed E-state index contributed by atoms with van der Waals surface area (Å²) in [4.78, 5) is 18.9. The van der Waals surface area contributed by atoms with E-state index in [9.17, 15) is 14.3 Å². The number of carbonyl (C=O) groups excluding carboxylic acids is 1. The molecule has 6 nitrogen and oxygen atoms in total. The van der Waals surface area contributed by atoms with Crippen LogP contribution in [0.2, 0.25) is 0 Å². The minimum Gasteiger partial charge on any atom is -0.394 e. The molecule has 1 aromatic carbocycles. The highest BCUT2D eigenvalue weighted by Gasteiger charge is 2.13. The van der Waals surface area contributed by atoms with Gasteiger partial charge in [-0.25, -0.2) is 14.4 Å². The van der Waals surface area contributed by atoms with Crippen molar-refractivity contribution < 1.29 is 14.3 Å². The van der Waals surface area contributed by atoms with E-state index in [4.69, 9.17) is 5.73 Å². The fourth-order valence-electron chi connectivity index (χ4n) is 1.65. The number of amides is 1. The summed E-state index contributed by atoms with van der Waals surface area (Å²) >= 11 is 0. The van der Waals surface area contributed by atoms with Gasteiger partial charge in [-0.15, -0.1) is 0 Å². The van der Waals surface area contributed by atoms with Crippen LogP contribution in [0.1, 0.15) is 22.1 Å². The third-order valence-corrected chi connectivity index (χ3v) is 2.67. The topological polar surface area (TPSA) is 101 Å². The molecule has 0 aliphatic carbocycles. The lowest BCUT2D eigenvalue weighted by atomic mass is 10.1. The Morgan fingerprint density at radius 3 is 2.65 bits per heavy atom. The Kier molecular flexibility index (Phi) is 4.21. The first kappa shape index (κ1) is 13.9. The number of benzene rings is 1. The van der Waals surface area contributed by atoms with E-state index in [0.717, 1.165) is 0 Å². The van der Waals surface area contributed by atoms with E-state index in [1.165, 1.54) is 24.4 Å². The van der Waals surface area contributed by atoms with E-state index < -0.39 is 11.9 Å². The van der Waals surface area contributed by atoms with Gasteiger partial charge in [0, 0.05) is 6.20 Å². The minimum atomic E-state index is -0.669. The smallest absolute Gasteiger partial charge is 0.267 e. The van der Waals surface area contributed by atoms with Crippen LogP contribution >= 0.6 is 0 Å². The molecule has 1 heterocycles. The summed E-state index contributed by atoms with van der Waals surface area (Å²) in [5.74, 6) is -0.875. The van der Waals surface area contributed by atoms with Crippen molar-refractivity contribution in [2.24, 2.45) is 5.73 Å². The van der Waals surface area contributed by atoms with E-state index in [-0.39, 0.29) is 24.1 Å². The molecule has 1 amide bonds. The minimum absolute atomic E-state index is 0.0679. The number of anilines is 1. The van der Waals surface area contributed by atoms with Crippen molar-refractivity contribution in [1.82, 2.24) is 9.97 Å². The maximum Gasteiger partial charge on any atom is 0.267 e. The average Bonchev–Trinajstić information content (AvgIpc) is 2.46. The summed E-state index contributed by atoms with van der Waals surface area (Å²) in [7, 11) is 0. The van der Waals surface area contributed by atoms with Crippen molar-refractivity contribution in [2.75, 3.05) is 11.9 Å². The molecule has 1 atom stereocenters. The first-order valence-electron chi connectivity index (χ1n) is 5.86. The lowest BCUT2D eigenvalue weighted by Crippen LogP contribution is -2.19. The molecule has 0 saturated carbocycles. The van der Waals surface area contributed by atoms with Gasteiger partial charge >= 0.3 is 0 Å². The molecule has 7 heteroatoms. The van der Waals surface area contributed by atoms with Gasteiger partial charge in [-0.1, -0.05) is 12.1 Å². The molecule has 0 radical (unpaired) electrons. The van der Waals surface area contributed by atoms with Gasteiger partial charge in [0.05, 0.1) is 12.6 Å². The summed E-state index contributed by atoms with van der Waals surface area (Å²) < 4.78 is 12.9. The van der Waals surface area contributed by atoms with E-state index in [1.807, 2.05) is 0 Å². The standard InChI is InChI=1S/C13H13FN4O2/c14-9-3-1-8(2-4-9)11(7-19)18-13-16-6-5-10(17-13)12(15)20/h1-6,11,19H,7H2,(H2,15,20)(H,16,17,18)/t11-/m0/s1. The second-order valence-electron chi connectivity index (χ2n) is 4.06. The predicted molar refractivity (Wildman–Crippen MR) is 70.4 cm³/mol. The Balaban J connectivity index is 2.19. The Morgan fingerprint density at radius 2 is 2.05 bits per heavy atom. The number of nitrogens with zero attached hydrogens (tertiary/aromatic N) is 2. The van der Waals surface area contributed by atoms with Gasteiger partial charge in [-0.2, -0.15) is 0 Å². The normalized spacial score (nSPS) is 11.9. The number of aliphatic hydroxyl groups excluding tert-OH is 1. The number of carbonyl (C=O) groups is 1. The van der Waals surface area contributed by atoms with E-state index in [0.29, 0.717) is 5.56 Å². The molecule has 0 spiro atoms. The molecule has 1 aromatic heterocycles. The monoisotopic (exact) mass is 276 g/mol. The number of aliphatic hydroxyl groups is 1. The number of aromatic nitrogens is 2. The Hall–Kier alpha value is -2.54. The fourth-order valence-corrected chi connectivity index (χ4v) is 1.65. The second-order valence-corrected chi connectivity index (χ2v) is 4.06. The van der Waals surface area contributed by atoms with Gasteiger partial charge in [-0.05, 0) is 23.8 Å². The van der Waals surface area contributed by atoms with E-state index in [2.05, 4.69) is 15.3 Å².